The summed E-state index contributed by atoms with van der Waals surface area (Å²) in [6, 6.07) is 0. The van der Waals surface area contributed by atoms with E-state index in [4.69, 9.17) is 5.11 Å². The topological polar surface area (TPSA) is 37.3 Å². The highest BCUT2D eigenvalue weighted by molar-refractivity contribution is 5.66. The molecule has 0 aromatic heterocycles. The van der Waals surface area contributed by atoms with Crippen molar-refractivity contribution in [1.82, 2.24) is 0 Å². The lowest BCUT2D eigenvalue weighted by Crippen LogP contribution is -1.93. The van der Waals surface area contributed by atoms with Crippen molar-refractivity contribution in [3.63, 3.8) is 0 Å². The van der Waals surface area contributed by atoms with Crippen molar-refractivity contribution in [3.05, 3.63) is 24.3 Å². The number of carbonyl (C=O) groups is 1. The molecular weight excluding hydrogens is 224 g/mol. The van der Waals surface area contributed by atoms with Crippen LogP contribution in [0.1, 0.15) is 71.1 Å². The fraction of sp³-hybridized carbons (Fsp3) is 0.688. The fourth-order valence-electron chi connectivity index (χ4n) is 1.80. The first-order valence-electron chi connectivity index (χ1n) is 7.29. The number of rotatable bonds is 12. The average molecular weight is 252 g/mol. The Morgan fingerprint density at radius 3 is 2.17 bits per heavy atom. The lowest BCUT2D eigenvalue weighted by molar-refractivity contribution is -0.137. The maximum absolute atomic E-state index is 10.3. The van der Waals surface area contributed by atoms with Gasteiger partial charge in [0.05, 0.1) is 0 Å². The molecule has 0 saturated carbocycles. The van der Waals surface area contributed by atoms with Gasteiger partial charge in [0.1, 0.15) is 0 Å². The van der Waals surface area contributed by atoms with Gasteiger partial charge < -0.3 is 5.11 Å². The molecule has 0 saturated heterocycles. The van der Waals surface area contributed by atoms with Crippen molar-refractivity contribution >= 4 is 5.97 Å². The van der Waals surface area contributed by atoms with Gasteiger partial charge in [0.25, 0.3) is 0 Å². The van der Waals surface area contributed by atoms with E-state index in [-0.39, 0.29) is 0 Å². The van der Waals surface area contributed by atoms with Gasteiger partial charge in [-0.1, -0.05) is 56.9 Å². The third-order valence-electron chi connectivity index (χ3n) is 2.85. The Kier molecular flexibility index (Phi) is 13.2. The lowest BCUT2D eigenvalue weighted by atomic mass is 10.1. The minimum Gasteiger partial charge on any atom is -0.481 e. The van der Waals surface area contributed by atoms with Crippen LogP contribution in [0.25, 0.3) is 0 Å². The third kappa shape index (κ3) is 14.9. The smallest absolute Gasteiger partial charge is 0.303 e. The molecule has 0 amide bonds. The van der Waals surface area contributed by atoms with E-state index in [0.29, 0.717) is 6.42 Å². The number of hydrogen-bond donors (Lipinski definition) is 1. The van der Waals surface area contributed by atoms with E-state index in [1.165, 1.54) is 32.1 Å². The number of allylic oxidation sites excluding steroid dienone is 4. The third-order valence-corrected chi connectivity index (χ3v) is 2.85. The van der Waals surface area contributed by atoms with Crippen molar-refractivity contribution in [3.8, 4) is 0 Å². The van der Waals surface area contributed by atoms with Crippen LogP contribution in [-0.2, 0) is 4.79 Å². The highest BCUT2D eigenvalue weighted by Gasteiger charge is 1.95. The standard InChI is InChI=1S/C16H28O2/c1-2-3-4-5-6-7-8-9-10-11-12-13-14-15-16(17)18/h3-4,6-7H,2,5,8-15H2,1H3,(H,17,18)/b4-3-,7-6-. The van der Waals surface area contributed by atoms with E-state index in [0.717, 1.165) is 25.7 Å². The zero-order valence-electron chi connectivity index (χ0n) is 11.7. The van der Waals surface area contributed by atoms with Crippen LogP contribution < -0.4 is 0 Å². The Hall–Kier alpha value is -1.05. The van der Waals surface area contributed by atoms with E-state index in [2.05, 4.69) is 31.2 Å². The molecule has 0 unspecified atom stereocenters. The molecule has 0 radical (unpaired) electrons. The van der Waals surface area contributed by atoms with E-state index < -0.39 is 5.97 Å². The van der Waals surface area contributed by atoms with Gasteiger partial charge in [-0.3, -0.25) is 4.79 Å². The Bertz CT molecular complexity index is 241. The van der Waals surface area contributed by atoms with Crippen LogP contribution in [0, 0.1) is 0 Å². The second-order valence-electron chi connectivity index (χ2n) is 4.64. The highest BCUT2D eigenvalue weighted by atomic mass is 16.4. The Labute approximate surface area is 112 Å². The molecule has 0 atom stereocenters. The lowest BCUT2D eigenvalue weighted by Gasteiger charge is -1.99. The summed E-state index contributed by atoms with van der Waals surface area (Å²) < 4.78 is 0. The first kappa shape index (κ1) is 16.9. The molecule has 0 spiro atoms. The number of hydrogen-bond acceptors (Lipinski definition) is 1. The average Bonchev–Trinajstić information content (AvgIpc) is 2.34. The first-order chi connectivity index (χ1) is 8.77. The van der Waals surface area contributed by atoms with Crippen molar-refractivity contribution in [1.29, 1.82) is 0 Å². The Morgan fingerprint density at radius 1 is 0.889 bits per heavy atom. The predicted molar refractivity (Wildman–Crippen MR) is 77.8 cm³/mol. The van der Waals surface area contributed by atoms with Gasteiger partial charge >= 0.3 is 5.97 Å². The molecule has 0 fully saturated rings. The first-order valence-corrected chi connectivity index (χ1v) is 7.29. The number of carboxylic acid groups (broad SMARTS) is 1. The van der Waals surface area contributed by atoms with Crippen LogP contribution in [-0.4, -0.2) is 11.1 Å². The van der Waals surface area contributed by atoms with E-state index >= 15 is 0 Å². The molecule has 0 bridgehead atoms. The molecule has 0 aromatic carbocycles. The largest absolute Gasteiger partial charge is 0.481 e. The molecule has 0 rings (SSSR count). The fourth-order valence-corrected chi connectivity index (χ4v) is 1.80. The molecule has 0 aliphatic carbocycles. The molecule has 2 nitrogen and oxygen atoms in total. The van der Waals surface area contributed by atoms with Crippen LogP contribution in [0.15, 0.2) is 24.3 Å². The Morgan fingerprint density at radius 2 is 1.50 bits per heavy atom. The van der Waals surface area contributed by atoms with Gasteiger partial charge in [0.15, 0.2) is 0 Å². The van der Waals surface area contributed by atoms with Crippen molar-refractivity contribution in [2.24, 2.45) is 0 Å². The highest BCUT2D eigenvalue weighted by Crippen LogP contribution is 2.09. The van der Waals surface area contributed by atoms with E-state index in [9.17, 15) is 4.79 Å². The number of aliphatic carboxylic acids is 1. The van der Waals surface area contributed by atoms with Gasteiger partial charge in [-0.25, -0.2) is 0 Å². The number of carboxylic acids is 1. The molecule has 0 aliphatic rings. The van der Waals surface area contributed by atoms with E-state index in [1.54, 1.807) is 0 Å². The van der Waals surface area contributed by atoms with Crippen LogP contribution in [0.4, 0.5) is 0 Å². The summed E-state index contributed by atoms with van der Waals surface area (Å²) in [4.78, 5) is 10.3. The summed E-state index contributed by atoms with van der Waals surface area (Å²) in [5.41, 5.74) is 0. The van der Waals surface area contributed by atoms with Gasteiger partial charge in [0, 0.05) is 6.42 Å². The van der Waals surface area contributed by atoms with Crippen molar-refractivity contribution < 1.29 is 9.90 Å². The normalized spacial score (nSPS) is 11.6. The monoisotopic (exact) mass is 252 g/mol. The van der Waals surface area contributed by atoms with Crippen LogP contribution in [0.3, 0.4) is 0 Å². The molecular formula is C16H28O2. The molecule has 2 heteroatoms. The summed E-state index contributed by atoms with van der Waals surface area (Å²) in [7, 11) is 0. The summed E-state index contributed by atoms with van der Waals surface area (Å²) in [6.07, 6.45) is 19.4. The maximum atomic E-state index is 10.3. The van der Waals surface area contributed by atoms with Crippen molar-refractivity contribution in [2.45, 2.75) is 71.1 Å². The molecule has 0 heterocycles. The summed E-state index contributed by atoms with van der Waals surface area (Å²) >= 11 is 0. The molecule has 0 aromatic rings. The van der Waals surface area contributed by atoms with Gasteiger partial charge in [-0.2, -0.15) is 0 Å². The van der Waals surface area contributed by atoms with Gasteiger partial charge in [0.2, 0.25) is 0 Å². The second-order valence-corrected chi connectivity index (χ2v) is 4.64. The zero-order chi connectivity index (χ0) is 13.5. The maximum Gasteiger partial charge on any atom is 0.303 e. The molecule has 0 aliphatic heterocycles. The van der Waals surface area contributed by atoms with Gasteiger partial charge in [-0.05, 0) is 32.1 Å². The quantitative estimate of drug-likeness (QED) is 0.387. The summed E-state index contributed by atoms with van der Waals surface area (Å²) in [6.45, 7) is 2.15. The van der Waals surface area contributed by atoms with E-state index in [1.807, 2.05) is 0 Å². The van der Waals surface area contributed by atoms with Crippen LogP contribution >= 0.6 is 0 Å². The van der Waals surface area contributed by atoms with Crippen LogP contribution in [0.5, 0.6) is 0 Å². The number of unbranched alkanes of at least 4 members (excludes halogenated alkanes) is 6. The Balaban J connectivity index is 3.11. The molecule has 18 heavy (non-hydrogen) atoms. The summed E-state index contributed by atoms with van der Waals surface area (Å²) in [5.74, 6) is -0.669. The SMILES string of the molecule is CC/C=C\C/C=C\CCCCCCCCC(=O)O. The van der Waals surface area contributed by atoms with Crippen molar-refractivity contribution in [2.75, 3.05) is 0 Å². The van der Waals surface area contributed by atoms with Gasteiger partial charge in [-0.15, -0.1) is 0 Å². The second kappa shape index (κ2) is 14.0. The van der Waals surface area contributed by atoms with Crippen LogP contribution in [0.2, 0.25) is 0 Å². The minimum atomic E-state index is -0.669. The zero-order valence-corrected chi connectivity index (χ0v) is 11.7. The summed E-state index contributed by atoms with van der Waals surface area (Å²) in [5, 5.41) is 8.48. The predicted octanol–water partition coefficient (Wildman–Crippen LogP) is 5.10. The minimum absolute atomic E-state index is 0.327. The molecule has 104 valence electrons. The molecule has 1 N–H and O–H groups in total.